The third kappa shape index (κ3) is 3.48. The zero-order valence-electron chi connectivity index (χ0n) is 12.4. The Kier molecular flexibility index (Phi) is 5.10. The van der Waals surface area contributed by atoms with Crippen LogP contribution in [0.2, 0.25) is 0 Å². The van der Waals surface area contributed by atoms with Gasteiger partial charge in [0.2, 0.25) is 0 Å². The van der Waals surface area contributed by atoms with Gasteiger partial charge in [-0.05, 0) is 44.3 Å². The van der Waals surface area contributed by atoms with E-state index < -0.39 is 0 Å². The van der Waals surface area contributed by atoms with Crippen molar-refractivity contribution in [3.8, 4) is 0 Å². The number of nitrogens with zero attached hydrogens (tertiary/aromatic N) is 1. The van der Waals surface area contributed by atoms with Crippen molar-refractivity contribution in [2.45, 2.75) is 68.7 Å². The van der Waals surface area contributed by atoms with Crippen LogP contribution in [0.4, 0.5) is 0 Å². The topological polar surface area (TPSA) is 15.3 Å². The van der Waals surface area contributed by atoms with Crippen molar-refractivity contribution in [3.63, 3.8) is 0 Å². The van der Waals surface area contributed by atoms with Crippen molar-refractivity contribution in [1.29, 1.82) is 0 Å². The van der Waals surface area contributed by atoms with Gasteiger partial charge in [0, 0.05) is 37.0 Å². The molecule has 1 saturated heterocycles. The van der Waals surface area contributed by atoms with Crippen molar-refractivity contribution in [3.05, 3.63) is 0 Å². The van der Waals surface area contributed by atoms with Crippen molar-refractivity contribution in [2.75, 3.05) is 25.9 Å². The minimum Gasteiger partial charge on any atom is -0.311 e. The van der Waals surface area contributed by atoms with Crippen LogP contribution in [0.25, 0.3) is 0 Å². The van der Waals surface area contributed by atoms with Crippen LogP contribution in [0.1, 0.15) is 51.4 Å². The van der Waals surface area contributed by atoms with E-state index in [1.54, 1.807) is 0 Å². The van der Waals surface area contributed by atoms with Crippen molar-refractivity contribution >= 4 is 11.8 Å². The van der Waals surface area contributed by atoms with Gasteiger partial charge in [0.05, 0.1) is 0 Å². The van der Waals surface area contributed by atoms with Gasteiger partial charge in [-0.3, -0.25) is 4.90 Å². The van der Waals surface area contributed by atoms with E-state index in [0.29, 0.717) is 0 Å². The van der Waals surface area contributed by atoms with Crippen molar-refractivity contribution in [2.24, 2.45) is 5.92 Å². The largest absolute Gasteiger partial charge is 0.311 e. The monoisotopic (exact) mass is 282 g/mol. The van der Waals surface area contributed by atoms with E-state index >= 15 is 0 Å². The molecule has 1 aliphatic heterocycles. The summed E-state index contributed by atoms with van der Waals surface area (Å²) in [6.45, 7) is 3.84. The van der Waals surface area contributed by atoms with Gasteiger partial charge >= 0.3 is 0 Å². The zero-order valence-corrected chi connectivity index (χ0v) is 13.3. The molecule has 110 valence electrons. The highest BCUT2D eigenvalue weighted by atomic mass is 32.2. The fourth-order valence-electron chi connectivity index (χ4n) is 4.45. The molecule has 2 aliphatic carbocycles. The second-order valence-corrected chi connectivity index (χ2v) is 7.92. The van der Waals surface area contributed by atoms with Crippen molar-refractivity contribution in [1.82, 2.24) is 10.2 Å². The summed E-state index contributed by atoms with van der Waals surface area (Å²) in [7, 11) is 0. The van der Waals surface area contributed by atoms with Crippen LogP contribution in [0.3, 0.4) is 0 Å². The molecule has 3 aliphatic rings. The molecular weight excluding hydrogens is 252 g/mol. The maximum absolute atomic E-state index is 3.82. The fraction of sp³-hybridized carbons (Fsp3) is 1.00. The predicted molar refractivity (Wildman–Crippen MR) is 84.9 cm³/mol. The summed E-state index contributed by atoms with van der Waals surface area (Å²) < 4.78 is 0. The molecule has 19 heavy (non-hydrogen) atoms. The molecule has 0 spiro atoms. The quantitative estimate of drug-likeness (QED) is 0.856. The summed E-state index contributed by atoms with van der Waals surface area (Å²) >= 11 is 2.09. The average Bonchev–Trinajstić information content (AvgIpc) is 2.97. The normalized spacial score (nSPS) is 38.7. The Hall–Kier alpha value is 0.270. The van der Waals surface area contributed by atoms with E-state index in [9.17, 15) is 0 Å². The Morgan fingerprint density at radius 1 is 1.05 bits per heavy atom. The first-order chi connectivity index (χ1) is 9.36. The van der Waals surface area contributed by atoms with E-state index in [4.69, 9.17) is 0 Å². The Morgan fingerprint density at radius 2 is 1.89 bits per heavy atom. The van der Waals surface area contributed by atoms with Crippen LogP contribution >= 0.6 is 11.8 Å². The first-order valence-corrected chi connectivity index (χ1v) is 9.66. The van der Waals surface area contributed by atoms with Crippen LogP contribution in [0.5, 0.6) is 0 Å². The summed E-state index contributed by atoms with van der Waals surface area (Å²) in [6.07, 6.45) is 14.0. The highest BCUT2D eigenvalue weighted by Gasteiger charge is 2.34. The van der Waals surface area contributed by atoms with Crippen LogP contribution in [-0.2, 0) is 0 Å². The SMILES string of the molecule is CSC1CCC(N2CCNC(C3CCCCC3)C2)C1. The van der Waals surface area contributed by atoms with E-state index in [0.717, 1.165) is 23.3 Å². The lowest BCUT2D eigenvalue weighted by Crippen LogP contribution is -2.56. The van der Waals surface area contributed by atoms with Crippen LogP contribution < -0.4 is 5.32 Å². The molecule has 0 aromatic carbocycles. The lowest BCUT2D eigenvalue weighted by molar-refractivity contribution is 0.110. The molecule has 0 radical (unpaired) electrons. The number of piperazine rings is 1. The number of nitrogens with one attached hydrogen (secondary N) is 1. The molecule has 3 atom stereocenters. The molecule has 0 bridgehead atoms. The van der Waals surface area contributed by atoms with E-state index in [-0.39, 0.29) is 0 Å². The van der Waals surface area contributed by atoms with E-state index in [2.05, 4.69) is 28.2 Å². The maximum atomic E-state index is 3.82. The molecule has 0 amide bonds. The Balaban J connectivity index is 1.52. The Labute approximate surface area is 123 Å². The maximum Gasteiger partial charge on any atom is 0.0223 e. The third-order valence-electron chi connectivity index (χ3n) is 5.66. The average molecular weight is 282 g/mol. The van der Waals surface area contributed by atoms with Gasteiger partial charge in [0.25, 0.3) is 0 Å². The molecular formula is C16H30N2S. The smallest absolute Gasteiger partial charge is 0.0223 e. The number of hydrogen-bond donors (Lipinski definition) is 1. The van der Waals surface area contributed by atoms with Crippen LogP contribution in [0, 0.1) is 5.92 Å². The highest BCUT2D eigenvalue weighted by molar-refractivity contribution is 7.99. The lowest BCUT2D eigenvalue weighted by atomic mass is 9.83. The molecule has 0 aromatic rings. The Bertz CT molecular complexity index is 278. The second-order valence-electron chi connectivity index (χ2n) is 6.78. The van der Waals surface area contributed by atoms with Gasteiger partial charge < -0.3 is 5.32 Å². The van der Waals surface area contributed by atoms with Gasteiger partial charge in [-0.2, -0.15) is 11.8 Å². The first kappa shape index (κ1) is 14.2. The minimum absolute atomic E-state index is 0.794. The second kappa shape index (κ2) is 6.82. The minimum atomic E-state index is 0.794. The molecule has 2 saturated carbocycles. The summed E-state index contributed by atoms with van der Waals surface area (Å²) in [5.74, 6) is 0.967. The van der Waals surface area contributed by atoms with Gasteiger partial charge in [-0.25, -0.2) is 0 Å². The molecule has 1 heterocycles. The molecule has 3 heteroatoms. The molecule has 3 fully saturated rings. The zero-order chi connectivity index (χ0) is 13.1. The van der Waals surface area contributed by atoms with Crippen LogP contribution in [0.15, 0.2) is 0 Å². The molecule has 1 N–H and O–H groups in total. The van der Waals surface area contributed by atoms with Gasteiger partial charge in [-0.15, -0.1) is 0 Å². The predicted octanol–water partition coefficient (Wildman–Crippen LogP) is 3.12. The number of rotatable bonds is 3. The molecule has 2 nitrogen and oxygen atoms in total. The number of hydrogen-bond acceptors (Lipinski definition) is 3. The van der Waals surface area contributed by atoms with Gasteiger partial charge in [0.1, 0.15) is 0 Å². The third-order valence-corrected chi connectivity index (χ3v) is 6.76. The number of thioether (sulfide) groups is 1. The fourth-order valence-corrected chi connectivity index (χ4v) is 5.24. The Morgan fingerprint density at radius 3 is 2.63 bits per heavy atom. The molecule has 3 unspecified atom stereocenters. The summed E-state index contributed by atoms with van der Waals surface area (Å²) in [6, 6.07) is 1.69. The summed E-state index contributed by atoms with van der Waals surface area (Å²) in [4.78, 5) is 2.83. The highest BCUT2D eigenvalue weighted by Crippen LogP contribution is 2.33. The van der Waals surface area contributed by atoms with Gasteiger partial charge in [0.15, 0.2) is 0 Å². The van der Waals surface area contributed by atoms with E-state index in [1.807, 2.05) is 0 Å². The van der Waals surface area contributed by atoms with E-state index in [1.165, 1.54) is 71.0 Å². The van der Waals surface area contributed by atoms with Crippen LogP contribution in [-0.4, -0.2) is 48.1 Å². The van der Waals surface area contributed by atoms with Crippen molar-refractivity contribution < 1.29 is 0 Å². The first-order valence-electron chi connectivity index (χ1n) is 8.37. The molecule has 0 aromatic heterocycles. The lowest BCUT2D eigenvalue weighted by Gasteiger charge is -2.41. The standard InChI is InChI=1S/C16H30N2S/c1-19-15-8-7-14(11-15)18-10-9-17-16(12-18)13-5-3-2-4-6-13/h13-17H,2-12H2,1H3. The molecule has 3 rings (SSSR count). The van der Waals surface area contributed by atoms with Gasteiger partial charge in [-0.1, -0.05) is 19.3 Å². The summed E-state index contributed by atoms with van der Waals surface area (Å²) in [5.41, 5.74) is 0. The summed E-state index contributed by atoms with van der Waals surface area (Å²) in [5, 5.41) is 4.76.